The second kappa shape index (κ2) is 4.56. The standard InChI is InChI=1S/C11H19N3O2S/c1-9(2)13-7-10-3-4-11(8-13)14(10)17(15,16)6-5-12/h9-11H,3-4,6-8H2,1-2H3. The second-order valence-electron chi connectivity index (χ2n) is 5.18. The topological polar surface area (TPSA) is 64.4 Å². The average molecular weight is 257 g/mol. The Balaban J connectivity index is 2.17. The summed E-state index contributed by atoms with van der Waals surface area (Å²) in [6.45, 7) is 5.88. The molecule has 5 nitrogen and oxygen atoms in total. The van der Waals surface area contributed by atoms with Crippen LogP contribution < -0.4 is 0 Å². The summed E-state index contributed by atoms with van der Waals surface area (Å²) in [6, 6.07) is 2.38. The van der Waals surface area contributed by atoms with Crippen molar-refractivity contribution in [2.24, 2.45) is 0 Å². The molecule has 0 radical (unpaired) electrons. The lowest BCUT2D eigenvalue weighted by atomic mass is 10.2. The van der Waals surface area contributed by atoms with Crippen molar-refractivity contribution in [3.63, 3.8) is 0 Å². The van der Waals surface area contributed by atoms with Crippen LogP contribution in [0.4, 0.5) is 0 Å². The molecule has 96 valence electrons. The van der Waals surface area contributed by atoms with Crippen LogP contribution in [0.3, 0.4) is 0 Å². The predicted molar refractivity (Wildman–Crippen MR) is 64.8 cm³/mol. The molecule has 6 heteroatoms. The highest BCUT2D eigenvalue weighted by molar-refractivity contribution is 7.89. The Morgan fingerprint density at radius 1 is 1.29 bits per heavy atom. The van der Waals surface area contributed by atoms with Crippen molar-refractivity contribution in [2.45, 2.75) is 44.8 Å². The van der Waals surface area contributed by atoms with E-state index in [1.807, 2.05) is 0 Å². The number of sulfonamides is 1. The van der Waals surface area contributed by atoms with Crippen molar-refractivity contribution in [3.05, 3.63) is 0 Å². The van der Waals surface area contributed by atoms with E-state index in [0.717, 1.165) is 25.9 Å². The first-order valence-electron chi connectivity index (χ1n) is 6.08. The summed E-state index contributed by atoms with van der Waals surface area (Å²) in [5.74, 6) is -0.387. The summed E-state index contributed by atoms with van der Waals surface area (Å²) in [7, 11) is -3.37. The third-order valence-corrected chi connectivity index (χ3v) is 5.47. The predicted octanol–water partition coefficient (Wildman–Crippen LogP) is 0.397. The molecular weight excluding hydrogens is 238 g/mol. The Bertz CT molecular complexity index is 412. The molecule has 2 fully saturated rings. The minimum atomic E-state index is -3.37. The van der Waals surface area contributed by atoms with Crippen LogP contribution in [0.25, 0.3) is 0 Å². The fourth-order valence-corrected chi connectivity index (χ4v) is 4.49. The van der Waals surface area contributed by atoms with E-state index in [1.54, 1.807) is 10.4 Å². The maximum Gasteiger partial charge on any atom is 0.228 e. The van der Waals surface area contributed by atoms with Gasteiger partial charge in [-0.05, 0) is 26.7 Å². The first-order valence-corrected chi connectivity index (χ1v) is 7.69. The maximum atomic E-state index is 12.0. The average Bonchev–Trinajstić information content (AvgIpc) is 2.51. The van der Waals surface area contributed by atoms with Crippen molar-refractivity contribution < 1.29 is 8.42 Å². The third-order valence-electron chi connectivity index (χ3n) is 3.74. The van der Waals surface area contributed by atoms with Gasteiger partial charge in [-0.25, -0.2) is 8.42 Å². The van der Waals surface area contributed by atoms with Crippen LogP contribution in [0.1, 0.15) is 26.7 Å². The van der Waals surface area contributed by atoms with Gasteiger partial charge < -0.3 is 0 Å². The molecule has 2 aliphatic rings. The second-order valence-corrected chi connectivity index (χ2v) is 7.05. The summed E-state index contributed by atoms with van der Waals surface area (Å²) in [5, 5.41) is 8.60. The molecule has 0 spiro atoms. The van der Waals surface area contributed by atoms with Gasteiger partial charge in [0.15, 0.2) is 5.75 Å². The Hall–Kier alpha value is -0.640. The molecule has 2 rings (SSSR count). The Morgan fingerprint density at radius 2 is 1.82 bits per heavy atom. The molecule has 2 saturated heterocycles. The van der Waals surface area contributed by atoms with Crippen molar-refractivity contribution in [1.82, 2.24) is 9.21 Å². The molecule has 2 unspecified atom stereocenters. The van der Waals surface area contributed by atoms with Gasteiger partial charge in [0.25, 0.3) is 0 Å². The first-order chi connectivity index (χ1) is 7.95. The van der Waals surface area contributed by atoms with Gasteiger partial charge in [-0.3, -0.25) is 4.90 Å². The van der Waals surface area contributed by atoms with Crippen LogP contribution in [-0.4, -0.2) is 54.6 Å². The van der Waals surface area contributed by atoms with Crippen LogP contribution in [0.2, 0.25) is 0 Å². The van der Waals surface area contributed by atoms with Gasteiger partial charge in [0.05, 0.1) is 6.07 Å². The summed E-state index contributed by atoms with van der Waals surface area (Å²) in [6.07, 6.45) is 1.86. The molecule has 2 atom stereocenters. The maximum absolute atomic E-state index is 12.0. The lowest BCUT2D eigenvalue weighted by molar-refractivity contribution is 0.103. The third kappa shape index (κ3) is 2.32. The number of nitrogens with zero attached hydrogens (tertiary/aromatic N) is 3. The van der Waals surface area contributed by atoms with Crippen LogP contribution in [0.15, 0.2) is 0 Å². The zero-order chi connectivity index (χ0) is 12.6. The van der Waals surface area contributed by atoms with E-state index in [2.05, 4.69) is 18.7 Å². The van der Waals surface area contributed by atoms with Crippen molar-refractivity contribution >= 4 is 10.0 Å². The van der Waals surface area contributed by atoms with E-state index < -0.39 is 10.0 Å². The first kappa shape index (κ1) is 12.8. The van der Waals surface area contributed by atoms with Gasteiger partial charge in [0.1, 0.15) is 0 Å². The summed E-state index contributed by atoms with van der Waals surface area (Å²) < 4.78 is 25.6. The molecule has 0 aromatic rings. The van der Waals surface area contributed by atoms with Gasteiger partial charge in [-0.15, -0.1) is 0 Å². The molecule has 0 aromatic carbocycles. The van der Waals surface area contributed by atoms with Gasteiger partial charge in [0.2, 0.25) is 10.0 Å². The Labute approximate surface area is 103 Å². The minimum Gasteiger partial charge on any atom is -0.298 e. The minimum absolute atomic E-state index is 0.0782. The summed E-state index contributed by atoms with van der Waals surface area (Å²) >= 11 is 0. The Kier molecular flexibility index (Phi) is 3.43. The number of piperazine rings is 1. The van der Waals surface area contributed by atoms with E-state index in [1.165, 1.54) is 0 Å². The fourth-order valence-electron chi connectivity index (χ4n) is 2.93. The SMILES string of the molecule is CC(C)N1CC2CCC(C1)N2S(=O)(=O)CC#N. The normalized spacial score (nSPS) is 30.7. The quantitative estimate of drug-likeness (QED) is 0.734. The highest BCUT2D eigenvalue weighted by Crippen LogP contribution is 2.33. The van der Waals surface area contributed by atoms with Gasteiger partial charge in [0, 0.05) is 31.2 Å². The summed E-state index contributed by atoms with van der Waals surface area (Å²) in [4.78, 5) is 2.33. The van der Waals surface area contributed by atoms with E-state index >= 15 is 0 Å². The monoisotopic (exact) mass is 257 g/mol. The number of hydrogen-bond donors (Lipinski definition) is 0. The highest BCUT2D eigenvalue weighted by Gasteiger charge is 2.46. The smallest absolute Gasteiger partial charge is 0.228 e. The van der Waals surface area contributed by atoms with Crippen LogP contribution in [0.5, 0.6) is 0 Å². The number of fused-ring (bicyclic) bond motifs is 2. The lowest BCUT2D eigenvalue weighted by Gasteiger charge is -2.41. The molecule has 0 aliphatic carbocycles. The van der Waals surface area contributed by atoms with Crippen molar-refractivity contribution in [2.75, 3.05) is 18.8 Å². The van der Waals surface area contributed by atoms with Crippen molar-refractivity contribution in [1.29, 1.82) is 5.26 Å². The molecule has 2 heterocycles. The van der Waals surface area contributed by atoms with Gasteiger partial charge in [-0.1, -0.05) is 0 Å². The fraction of sp³-hybridized carbons (Fsp3) is 0.909. The molecule has 0 aromatic heterocycles. The number of rotatable bonds is 3. The molecule has 0 N–H and O–H groups in total. The summed E-state index contributed by atoms with van der Waals surface area (Å²) in [5.41, 5.74) is 0. The molecule has 0 amide bonds. The van der Waals surface area contributed by atoms with E-state index in [0.29, 0.717) is 6.04 Å². The largest absolute Gasteiger partial charge is 0.298 e. The number of hydrogen-bond acceptors (Lipinski definition) is 4. The van der Waals surface area contributed by atoms with Gasteiger partial charge >= 0.3 is 0 Å². The van der Waals surface area contributed by atoms with E-state index in [9.17, 15) is 8.42 Å². The molecule has 17 heavy (non-hydrogen) atoms. The van der Waals surface area contributed by atoms with Crippen LogP contribution in [-0.2, 0) is 10.0 Å². The van der Waals surface area contributed by atoms with Crippen LogP contribution in [0, 0.1) is 11.3 Å². The molecule has 2 bridgehead atoms. The lowest BCUT2D eigenvalue weighted by Crippen LogP contribution is -2.57. The number of nitriles is 1. The van der Waals surface area contributed by atoms with Crippen molar-refractivity contribution in [3.8, 4) is 6.07 Å². The number of likely N-dealkylation sites (tertiary alicyclic amines) is 1. The van der Waals surface area contributed by atoms with Crippen LogP contribution >= 0.6 is 0 Å². The Morgan fingerprint density at radius 3 is 2.24 bits per heavy atom. The van der Waals surface area contributed by atoms with Gasteiger partial charge in [-0.2, -0.15) is 9.57 Å². The highest BCUT2D eigenvalue weighted by atomic mass is 32.2. The van der Waals surface area contributed by atoms with E-state index in [4.69, 9.17) is 5.26 Å². The molecular formula is C11H19N3O2S. The van der Waals surface area contributed by atoms with E-state index in [-0.39, 0.29) is 17.8 Å². The molecule has 0 saturated carbocycles. The molecule has 2 aliphatic heterocycles. The zero-order valence-electron chi connectivity index (χ0n) is 10.3. The zero-order valence-corrected chi connectivity index (χ0v) is 11.2.